The maximum absolute atomic E-state index is 11.9. The van der Waals surface area contributed by atoms with Crippen LogP contribution in [0.3, 0.4) is 0 Å². The van der Waals surface area contributed by atoms with Gasteiger partial charge in [-0.2, -0.15) is 0 Å². The molecule has 6 nitrogen and oxygen atoms in total. The summed E-state index contributed by atoms with van der Waals surface area (Å²) in [5, 5.41) is 2.75. The molecule has 2 aliphatic heterocycles. The van der Waals surface area contributed by atoms with Crippen molar-refractivity contribution < 1.29 is 14.3 Å². The van der Waals surface area contributed by atoms with Crippen molar-refractivity contribution >= 4 is 5.91 Å². The first-order valence-electron chi connectivity index (χ1n) is 8.67. The topological polar surface area (TPSA) is 55.7 Å². The quantitative estimate of drug-likeness (QED) is 0.924. The number of amides is 1. The van der Waals surface area contributed by atoms with Crippen LogP contribution in [-0.4, -0.2) is 35.8 Å². The molecule has 132 valence electrons. The summed E-state index contributed by atoms with van der Waals surface area (Å²) in [7, 11) is 1.70. The third-order valence-electron chi connectivity index (χ3n) is 4.88. The number of ether oxygens (including phenoxy) is 2. The summed E-state index contributed by atoms with van der Waals surface area (Å²) in [5.41, 5.74) is 2.49. The first kappa shape index (κ1) is 16.0. The Bertz CT molecular complexity index is 771. The van der Waals surface area contributed by atoms with Crippen molar-refractivity contribution in [2.75, 3.05) is 20.4 Å². The van der Waals surface area contributed by atoms with Gasteiger partial charge in [0.2, 0.25) is 12.7 Å². The lowest BCUT2D eigenvalue weighted by atomic mass is 10.0. The van der Waals surface area contributed by atoms with E-state index in [1.54, 1.807) is 7.05 Å². The number of fused-ring (bicyclic) bond motifs is 2. The number of aromatic nitrogens is 1. The minimum atomic E-state index is 0.101. The third-order valence-corrected chi connectivity index (χ3v) is 4.88. The summed E-state index contributed by atoms with van der Waals surface area (Å²) in [6.07, 6.45) is 2.65. The predicted molar refractivity (Wildman–Crippen MR) is 93.3 cm³/mol. The van der Waals surface area contributed by atoms with Crippen LogP contribution in [0.1, 0.15) is 17.7 Å². The zero-order valence-corrected chi connectivity index (χ0v) is 14.4. The highest BCUT2D eigenvalue weighted by atomic mass is 16.7. The molecule has 2 aliphatic rings. The van der Waals surface area contributed by atoms with Crippen LogP contribution in [0.4, 0.5) is 0 Å². The van der Waals surface area contributed by atoms with Crippen LogP contribution in [0.25, 0.3) is 0 Å². The van der Waals surface area contributed by atoms with Gasteiger partial charge in [-0.15, -0.1) is 0 Å². The van der Waals surface area contributed by atoms with Gasteiger partial charge in [0.15, 0.2) is 11.5 Å². The van der Waals surface area contributed by atoms with Crippen molar-refractivity contribution in [3.63, 3.8) is 0 Å². The highest BCUT2D eigenvalue weighted by Gasteiger charge is 2.24. The van der Waals surface area contributed by atoms with E-state index in [1.807, 2.05) is 6.07 Å². The predicted octanol–water partition coefficient (Wildman–Crippen LogP) is 1.98. The zero-order valence-electron chi connectivity index (χ0n) is 14.4. The molecule has 0 saturated carbocycles. The second-order valence-corrected chi connectivity index (χ2v) is 6.75. The number of rotatable bonds is 4. The number of hydrogen-bond donors (Lipinski definition) is 1. The molecule has 1 N–H and O–H groups in total. The lowest BCUT2D eigenvalue weighted by Gasteiger charge is -2.23. The Hall–Kier alpha value is -2.47. The van der Waals surface area contributed by atoms with E-state index in [-0.39, 0.29) is 5.91 Å². The first-order chi connectivity index (χ1) is 12.2. The smallest absolute Gasteiger partial charge is 0.231 e. The summed E-state index contributed by atoms with van der Waals surface area (Å²) in [6, 6.07) is 10.4. The van der Waals surface area contributed by atoms with Gasteiger partial charge < -0.3 is 19.4 Å². The minimum Gasteiger partial charge on any atom is -0.454 e. The highest BCUT2D eigenvalue weighted by Crippen LogP contribution is 2.33. The number of nitrogens with zero attached hydrogens (tertiary/aromatic N) is 2. The number of hydrogen-bond acceptors (Lipinski definition) is 4. The van der Waals surface area contributed by atoms with Crippen molar-refractivity contribution in [1.29, 1.82) is 0 Å². The van der Waals surface area contributed by atoms with Crippen molar-refractivity contribution in [2.45, 2.75) is 26.1 Å². The van der Waals surface area contributed by atoms with Crippen molar-refractivity contribution in [2.24, 2.45) is 5.92 Å². The Morgan fingerprint density at radius 1 is 1.24 bits per heavy atom. The standard InChI is InChI=1S/C19H23N3O3/c1-20-19(23)8-15-10-21(12-16-3-2-6-22(16)11-15)9-14-4-5-17-18(7-14)25-13-24-17/h2-7,15H,8-13H2,1H3,(H,20,23)/t15-/m1/s1. The van der Waals surface area contributed by atoms with Gasteiger partial charge in [0, 0.05) is 51.5 Å². The Balaban J connectivity index is 1.52. The van der Waals surface area contributed by atoms with E-state index in [9.17, 15) is 4.79 Å². The van der Waals surface area contributed by atoms with E-state index in [1.165, 1.54) is 11.3 Å². The number of benzene rings is 1. The first-order valence-corrected chi connectivity index (χ1v) is 8.67. The van der Waals surface area contributed by atoms with Gasteiger partial charge in [-0.05, 0) is 35.7 Å². The molecule has 4 rings (SSSR count). The number of carbonyl (C=O) groups excluding carboxylic acids is 1. The number of nitrogens with one attached hydrogen (secondary N) is 1. The van der Waals surface area contributed by atoms with E-state index >= 15 is 0 Å². The molecule has 6 heteroatoms. The lowest BCUT2D eigenvalue weighted by molar-refractivity contribution is -0.121. The molecule has 0 radical (unpaired) electrons. The average molecular weight is 341 g/mol. The molecule has 0 unspecified atom stereocenters. The van der Waals surface area contributed by atoms with Gasteiger partial charge in [0.25, 0.3) is 0 Å². The Morgan fingerprint density at radius 3 is 3.00 bits per heavy atom. The Labute approximate surface area is 147 Å². The summed E-state index contributed by atoms with van der Waals surface area (Å²) >= 11 is 0. The van der Waals surface area contributed by atoms with Crippen LogP contribution in [0.15, 0.2) is 36.5 Å². The molecule has 0 fully saturated rings. The molecule has 3 heterocycles. The van der Waals surface area contributed by atoms with Gasteiger partial charge in [-0.1, -0.05) is 6.07 Å². The van der Waals surface area contributed by atoms with E-state index in [4.69, 9.17) is 9.47 Å². The SMILES string of the molecule is CNC(=O)C[C@@H]1CN(Cc2ccc3c(c2)OCO3)Cc2cccn2C1. The van der Waals surface area contributed by atoms with E-state index < -0.39 is 0 Å². The van der Waals surface area contributed by atoms with Gasteiger partial charge in [0.1, 0.15) is 0 Å². The van der Waals surface area contributed by atoms with Crippen LogP contribution < -0.4 is 14.8 Å². The summed E-state index contributed by atoms with van der Waals surface area (Å²) < 4.78 is 13.1. The second kappa shape index (κ2) is 6.80. The van der Waals surface area contributed by atoms with Gasteiger partial charge >= 0.3 is 0 Å². The fourth-order valence-corrected chi connectivity index (χ4v) is 3.68. The average Bonchev–Trinajstić information content (AvgIpc) is 3.20. The van der Waals surface area contributed by atoms with Gasteiger partial charge in [-0.25, -0.2) is 0 Å². The Morgan fingerprint density at radius 2 is 2.12 bits per heavy atom. The summed E-state index contributed by atoms with van der Waals surface area (Å²) in [6.45, 7) is 3.78. The number of carbonyl (C=O) groups is 1. The van der Waals surface area contributed by atoms with Gasteiger partial charge in [0.05, 0.1) is 0 Å². The molecule has 0 bridgehead atoms. The monoisotopic (exact) mass is 341 g/mol. The molecule has 1 aromatic heterocycles. The van der Waals surface area contributed by atoms with Crippen molar-refractivity contribution in [3.8, 4) is 11.5 Å². The van der Waals surface area contributed by atoms with Crippen molar-refractivity contribution in [3.05, 3.63) is 47.8 Å². The molecule has 1 aromatic carbocycles. The Kier molecular flexibility index (Phi) is 4.36. The largest absolute Gasteiger partial charge is 0.454 e. The van der Waals surface area contributed by atoms with Crippen LogP contribution in [-0.2, 0) is 24.4 Å². The van der Waals surface area contributed by atoms with Gasteiger partial charge in [-0.3, -0.25) is 9.69 Å². The molecule has 2 aromatic rings. The lowest BCUT2D eigenvalue weighted by Crippen LogP contribution is -2.31. The van der Waals surface area contributed by atoms with Crippen molar-refractivity contribution in [1.82, 2.24) is 14.8 Å². The molecule has 1 amide bonds. The van der Waals surface area contributed by atoms with Crippen LogP contribution in [0.2, 0.25) is 0 Å². The molecule has 0 aliphatic carbocycles. The molecule has 1 atom stereocenters. The molecule has 0 spiro atoms. The summed E-state index contributed by atoms with van der Waals surface area (Å²) in [4.78, 5) is 14.3. The van der Waals surface area contributed by atoms with E-state index in [0.717, 1.165) is 37.7 Å². The third kappa shape index (κ3) is 3.49. The molecule has 0 saturated heterocycles. The fourth-order valence-electron chi connectivity index (χ4n) is 3.68. The second-order valence-electron chi connectivity index (χ2n) is 6.75. The van der Waals surface area contributed by atoms with E-state index in [0.29, 0.717) is 19.1 Å². The van der Waals surface area contributed by atoms with Crippen LogP contribution in [0, 0.1) is 5.92 Å². The molecule has 25 heavy (non-hydrogen) atoms. The zero-order chi connectivity index (χ0) is 17.2. The van der Waals surface area contributed by atoms with E-state index in [2.05, 4.69) is 45.2 Å². The highest BCUT2D eigenvalue weighted by molar-refractivity contribution is 5.75. The normalized spacial score (nSPS) is 19.3. The maximum Gasteiger partial charge on any atom is 0.231 e. The maximum atomic E-state index is 11.9. The molecular formula is C19H23N3O3. The fraction of sp³-hybridized carbons (Fsp3) is 0.421. The minimum absolute atomic E-state index is 0.101. The molecular weight excluding hydrogens is 318 g/mol. The summed E-state index contributed by atoms with van der Waals surface area (Å²) in [5.74, 6) is 2.02. The van der Waals surface area contributed by atoms with Crippen LogP contribution >= 0.6 is 0 Å². The van der Waals surface area contributed by atoms with Crippen LogP contribution in [0.5, 0.6) is 11.5 Å².